The summed E-state index contributed by atoms with van der Waals surface area (Å²) in [4.78, 5) is 11.6. The van der Waals surface area contributed by atoms with Gasteiger partial charge in [0.2, 0.25) is 5.91 Å². The molecule has 0 unspecified atom stereocenters. The zero-order valence-corrected chi connectivity index (χ0v) is 14.3. The summed E-state index contributed by atoms with van der Waals surface area (Å²) in [5, 5.41) is 2.92. The first-order valence-electron chi connectivity index (χ1n) is 8.27. The third-order valence-electron chi connectivity index (χ3n) is 2.96. The number of amides is 1. The summed E-state index contributed by atoms with van der Waals surface area (Å²) >= 11 is 0. The Balaban J connectivity index is 0. The molecular weight excluding hydrogens is 262 g/mol. The summed E-state index contributed by atoms with van der Waals surface area (Å²) in [6, 6.07) is 5.96. The van der Waals surface area contributed by atoms with Gasteiger partial charge in [-0.25, -0.2) is 0 Å². The number of anilines is 1. The Morgan fingerprint density at radius 1 is 1.19 bits per heavy atom. The number of para-hydroxylation sites is 1. The molecule has 0 aliphatic heterocycles. The monoisotopic (exact) mass is 295 g/mol. The molecule has 0 aliphatic rings. The van der Waals surface area contributed by atoms with Gasteiger partial charge in [0.1, 0.15) is 5.75 Å². The van der Waals surface area contributed by atoms with E-state index in [1.54, 1.807) is 0 Å². The Hall–Kier alpha value is -1.51. The first-order chi connectivity index (χ1) is 10.2. The van der Waals surface area contributed by atoms with E-state index in [0.29, 0.717) is 13.0 Å². The van der Waals surface area contributed by atoms with Gasteiger partial charge in [-0.05, 0) is 24.5 Å². The zero-order chi connectivity index (χ0) is 16.1. The first-order valence-corrected chi connectivity index (χ1v) is 8.27. The van der Waals surface area contributed by atoms with Crippen LogP contribution < -0.4 is 10.1 Å². The number of hydrogen-bond donors (Lipinski definition) is 1. The molecule has 0 fully saturated rings. The fourth-order valence-corrected chi connectivity index (χ4v) is 1.88. The van der Waals surface area contributed by atoms with Crippen molar-refractivity contribution in [3.8, 4) is 5.75 Å². The Labute approximate surface area is 131 Å². The smallest absolute Gasteiger partial charge is 0.224 e. The average Bonchev–Trinajstić information content (AvgIpc) is 2.52. The van der Waals surface area contributed by atoms with E-state index in [2.05, 4.69) is 25.2 Å². The van der Waals surface area contributed by atoms with Crippen LogP contribution >= 0.6 is 0 Å². The minimum absolute atomic E-state index is 0. The van der Waals surface area contributed by atoms with Gasteiger partial charge in [0.05, 0.1) is 12.3 Å². The van der Waals surface area contributed by atoms with Crippen LogP contribution in [0.4, 0.5) is 5.69 Å². The van der Waals surface area contributed by atoms with Crippen LogP contribution in [0.3, 0.4) is 0 Å². The summed E-state index contributed by atoms with van der Waals surface area (Å²) in [5.41, 5.74) is 1.97. The number of benzene rings is 1. The van der Waals surface area contributed by atoms with Gasteiger partial charge in [-0.3, -0.25) is 4.79 Å². The third-order valence-corrected chi connectivity index (χ3v) is 2.96. The molecule has 0 spiro atoms. The third kappa shape index (κ3) is 7.16. The molecule has 0 aliphatic carbocycles. The standard InChI is InChI=1S/C16H25NO2.C2H6.H2/c1-4-7-12-19-16-13(9-5-2)10-8-11-14(16)17-15(18)6-3;1-2;/h8,10-11H,4-7,9,12H2,1-3H3,(H,17,18);1-2H3;1H. The summed E-state index contributed by atoms with van der Waals surface area (Å²) in [6.07, 6.45) is 4.65. The molecule has 0 heterocycles. The SMILES string of the molecule is CC.CCCCOc1c(CCC)cccc1NC(=O)CC.[HH]. The van der Waals surface area contributed by atoms with Crippen LogP contribution in [0, 0.1) is 0 Å². The second kappa shape index (κ2) is 12.2. The highest BCUT2D eigenvalue weighted by Crippen LogP contribution is 2.30. The summed E-state index contributed by atoms with van der Waals surface area (Å²) < 4.78 is 5.89. The fraction of sp³-hybridized carbons (Fsp3) is 0.611. The molecule has 1 aromatic rings. The van der Waals surface area contributed by atoms with Crippen LogP contribution in [0.5, 0.6) is 5.75 Å². The molecule has 21 heavy (non-hydrogen) atoms. The van der Waals surface area contributed by atoms with Crippen LogP contribution in [-0.4, -0.2) is 12.5 Å². The molecule has 0 saturated heterocycles. The first kappa shape index (κ1) is 19.5. The van der Waals surface area contributed by atoms with Gasteiger partial charge >= 0.3 is 0 Å². The number of aryl methyl sites for hydroxylation is 1. The highest BCUT2D eigenvalue weighted by molar-refractivity contribution is 5.92. The van der Waals surface area contributed by atoms with Crippen LogP contribution in [0.1, 0.15) is 67.3 Å². The molecule has 1 aromatic carbocycles. The van der Waals surface area contributed by atoms with E-state index >= 15 is 0 Å². The number of rotatable bonds is 8. The molecule has 1 rings (SSSR count). The van der Waals surface area contributed by atoms with Crippen molar-refractivity contribution in [1.82, 2.24) is 0 Å². The minimum atomic E-state index is 0. The summed E-state index contributed by atoms with van der Waals surface area (Å²) in [7, 11) is 0. The van der Waals surface area contributed by atoms with Gasteiger partial charge in [0, 0.05) is 7.85 Å². The predicted octanol–water partition coefficient (Wildman–Crippen LogP) is 5.44. The number of carbonyl (C=O) groups excluding carboxylic acids is 1. The van der Waals surface area contributed by atoms with Crippen LogP contribution in [0.15, 0.2) is 18.2 Å². The quantitative estimate of drug-likeness (QED) is 0.649. The molecule has 122 valence electrons. The van der Waals surface area contributed by atoms with Gasteiger partial charge in [-0.15, -0.1) is 0 Å². The lowest BCUT2D eigenvalue weighted by Gasteiger charge is -2.16. The Morgan fingerprint density at radius 2 is 1.90 bits per heavy atom. The van der Waals surface area contributed by atoms with Crippen molar-refractivity contribution < 1.29 is 11.0 Å². The number of hydrogen-bond acceptors (Lipinski definition) is 2. The largest absolute Gasteiger partial charge is 0.491 e. The Morgan fingerprint density at radius 3 is 2.48 bits per heavy atom. The number of unbranched alkanes of at least 4 members (excludes halogenated alkanes) is 1. The zero-order valence-electron chi connectivity index (χ0n) is 14.3. The fourth-order valence-electron chi connectivity index (χ4n) is 1.88. The Kier molecular flexibility index (Phi) is 11.4. The van der Waals surface area contributed by atoms with Crippen molar-refractivity contribution in [2.24, 2.45) is 0 Å². The van der Waals surface area contributed by atoms with E-state index in [9.17, 15) is 4.79 Å². The van der Waals surface area contributed by atoms with E-state index in [-0.39, 0.29) is 7.33 Å². The van der Waals surface area contributed by atoms with Crippen LogP contribution in [0.2, 0.25) is 0 Å². The van der Waals surface area contributed by atoms with Gasteiger partial charge < -0.3 is 10.1 Å². The second-order valence-electron chi connectivity index (χ2n) is 4.65. The van der Waals surface area contributed by atoms with Gasteiger partial charge in [0.15, 0.2) is 0 Å². The number of nitrogens with one attached hydrogen (secondary N) is 1. The van der Waals surface area contributed by atoms with Gasteiger partial charge in [-0.1, -0.05) is 59.6 Å². The van der Waals surface area contributed by atoms with E-state index in [1.807, 2.05) is 32.9 Å². The lowest BCUT2D eigenvalue weighted by Crippen LogP contribution is -2.12. The molecule has 0 bridgehead atoms. The topological polar surface area (TPSA) is 38.3 Å². The molecule has 0 saturated carbocycles. The van der Waals surface area contributed by atoms with Crippen LogP contribution in [0.25, 0.3) is 0 Å². The van der Waals surface area contributed by atoms with E-state index < -0.39 is 0 Å². The Bertz CT molecular complexity index is 408. The van der Waals surface area contributed by atoms with Crippen molar-refractivity contribution in [2.75, 3.05) is 11.9 Å². The second-order valence-corrected chi connectivity index (χ2v) is 4.65. The van der Waals surface area contributed by atoms with E-state index in [0.717, 1.165) is 37.1 Å². The molecular formula is C18H33NO2. The van der Waals surface area contributed by atoms with Crippen LogP contribution in [-0.2, 0) is 11.2 Å². The molecule has 0 atom stereocenters. The van der Waals surface area contributed by atoms with Gasteiger partial charge in [0.25, 0.3) is 0 Å². The molecule has 1 N–H and O–H groups in total. The predicted molar refractivity (Wildman–Crippen MR) is 93.2 cm³/mol. The lowest BCUT2D eigenvalue weighted by atomic mass is 10.1. The highest BCUT2D eigenvalue weighted by Gasteiger charge is 2.11. The minimum Gasteiger partial charge on any atom is -0.491 e. The maximum Gasteiger partial charge on any atom is 0.224 e. The van der Waals surface area contributed by atoms with Crippen molar-refractivity contribution in [3.05, 3.63) is 23.8 Å². The van der Waals surface area contributed by atoms with E-state index in [4.69, 9.17) is 4.74 Å². The van der Waals surface area contributed by atoms with Crippen molar-refractivity contribution in [2.45, 2.75) is 66.7 Å². The average molecular weight is 295 g/mol. The molecule has 0 aromatic heterocycles. The molecule has 1 amide bonds. The summed E-state index contributed by atoms with van der Waals surface area (Å²) in [6.45, 7) is 10.8. The van der Waals surface area contributed by atoms with Crippen molar-refractivity contribution in [1.29, 1.82) is 0 Å². The number of ether oxygens (including phenoxy) is 1. The normalized spacial score (nSPS) is 9.57. The summed E-state index contributed by atoms with van der Waals surface area (Å²) in [5.74, 6) is 0.869. The van der Waals surface area contributed by atoms with Crippen molar-refractivity contribution >= 4 is 11.6 Å². The van der Waals surface area contributed by atoms with E-state index in [1.165, 1.54) is 5.56 Å². The maximum absolute atomic E-state index is 11.6. The molecule has 3 nitrogen and oxygen atoms in total. The number of carbonyl (C=O) groups is 1. The lowest BCUT2D eigenvalue weighted by molar-refractivity contribution is -0.115. The van der Waals surface area contributed by atoms with Crippen molar-refractivity contribution in [3.63, 3.8) is 0 Å². The highest BCUT2D eigenvalue weighted by atomic mass is 16.5. The maximum atomic E-state index is 11.6. The molecule has 3 heteroatoms. The van der Waals surface area contributed by atoms with Gasteiger partial charge in [-0.2, -0.15) is 0 Å². The molecule has 0 radical (unpaired) electrons.